The van der Waals surface area contributed by atoms with Crippen molar-refractivity contribution in [3.63, 3.8) is 0 Å². The Morgan fingerprint density at radius 2 is 1.94 bits per heavy atom. The molecule has 4 rings (SSSR count). The summed E-state index contributed by atoms with van der Waals surface area (Å²) in [4.78, 5) is 39.1. The van der Waals surface area contributed by atoms with Crippen molar-refractivity contribution in [1.82, 2.24) is 25.7 Å². The zero-order valence-corrected chi connectivity index (χ0v) is 21.1. The van der Waals surface area contributed by atoms with Crippen molar-refractivity contribution < 1.29 is 19.5 Å². The van der Waals surface area contributed by atoms with Gasteiger partial charge in [-0.25, -0.2) is 0 Å². The predicted molar refractivity (Wildman–Crippen MR) is 136 cm³/mol. The van der Waals surface area contributed by atoms with E-state index in [9.17, 15) is 14.4 Å². The van der Waals surface area contributed by atoms with Gasteiger partial charge in [-0.1, -0.05) is 30.3 Å². The van der Waals surface area contributed by atoms with Crippen molar-refractivity contribution in [2.75, 3.05) is 19.6 Å². The number of halogens is 2. The van der Waals surface area contributed by atoms with Gasteiger partial charge >= 0.3 is 5.97 Å². The van der Waals surface area contributed by atoms with E-state index in [1.807, 2.05) is 36.5 Å². The molecular weight excluding hydrogens is 493 g/mol. The van der Waals surface area contributed by atoms with Crippen molar-refractivity contribution >= 4 is 42.6 Å². The van der Waals surface area contributed by atoms with Crippen LogP contribution >= 0.6 is 24.8 Å². The SMILES string of the molecule is Cl.Cl.O=C(O)CN[C@H](Cc1ccccc1)C(=O)N1CCC[C@H]1C(=O)NCC1CCc2[nH]ncc2C1. The molecule has 1 aliphatic heterocycles. The number of aromatic nitrogens is 2. The number of hydrogen-bond donors (Lipinski definition) is 4. The highest BCUT2D eigenvalue weighted by atomic mass is 35.5. The Balaban J connectivity index is 0.00000216. The van der Waals surface area contributed by atoms with Crippen LogP contribution in [0.1, 0.15) is 36.1 Å². The molecule has 1 aromatic carbocycles. The Hall–Kier alpha value is -2.62. The molecule has 2 amide bonds. The van der Waals surface area contributed by atoms with E-state index in [1.54, 1.807) is 4.90 Å². The number of rotatable bonds is 9. The van der Waals surface area contributed by atoms with Crippen LogP contribution in [0.5, 0.6) is 0 Å². The zero-order chi connectivity index (χ0) is 23.2. The van der Waals surface area contributed by atoms with Crippen LogP contribution in [0.3, 0.4) is 0 Å². The van der Waals surface area contributed by atoms with Crippen molar-refractivity contribution in [2.45, 2.75) is 50.6 Å². The van der Waals surface area contributed by atoms with Crippen LogP contribution in [-0.2, 0) is 33.6 Å². The quantitative estimate of drug-likeness (QED) is 0.395. The van der Waals surface area contributed by atoms with Crippen LogP contribution in [0, 0.1) is 5.92 Å². The number of nitrogens with zero attached hydrogens (tertiary/aromatic N) is 2. The van der Waals surface area contributed by atoms with Gasteiger partial charge in [0, 0.05) is 18.8 Å². The Labute approximate surface area is 217 Å². The lowest BCUT2D eigenvalue weighted by molar-refractivity contribution is -0.141. The molecule has 1 saturated heterocycles. The number of aromatic amines is 1. The first kappa shape index (κ1) is 28.6. The van der Waals surface area contributed by atoms with Crippen LogP contribution in [0.15, 0.2) is 36.5 Å². The van der Waals surface area contributed by atoms with E-state index in [0.29, 0.717) is 31.8 Å². The van der Waals surface area contributed by atoms with E-state index in [1.165, 1.54) is 11.3 Å². The molecule has 1 fully saturated rings. The second-order valence-corrected chi connectivity index (χ2v) is 8.93. The van der Waals surface area contributed by atoms with Crippen LogP contribution in [-0.4, -0.2) is 69.7 Å². The molecule has 1 unspecified atom stereocenters. The first-order valence-corrected chi connectivity index (χ1v) is 11.6. The monoisotopic (exact) mass is 525 g/mol. The van der Waals surface area contributed by atoms with E-state index in [-0.39, 0.29) is 43.2 Å². The summed E-state index contributed by atoms with van der Waals surface area (Å²) in [7, 11) is 0. The van der Waals surface area contributed by atoms with Crippen molar-refractivity contribution in [1.29, 1.82) is 0 Å². The molecular formula is C24H33Cl2N5O4. The molecule has 0 bridgehead atoms. The number of fused-ring (bicyclic) bond motifs is 1. The average Bonchev–Trinajstić information content (AvgIpc) is 3.49. The van der Waals surface area contributed by atoms with Gasteiger partial charge in [0.25, 0.3) is 0 Å². The summed E-state index contributed by atoms with van der Waals surface area (Å²) in [5.74, 6) is -1.02. The number of carboxylic acids is 1. The van der Waals surface area contributed by atoms with Gasteiger partial charge in [-0.3, -0.25) is 24.8 Å². The summed E-state index contributed by atoms with van der Waals surface area (Å²) in [5.41, 5.74) is 3.33. The number of carbonyl (C=O) groups is 3. The lowest BCUT2D eigenvalue weighted by atomic mass is 9.88. The van der Waals surface area contributed by atoms with E-state index in [4.69, 9.17) is 5.11 Å². The highest BCUT2D eigenvalue weighted by Gasteiger charge is 2.37. The fourth-order valence-electron chi connectivity index (χ4n) is 4.84. The van der Waals surface area contributed by atoms with Crippen LogP contribution in [0.2, 0.25) is 0 Å². The maximum absolute atomic E-state index is 13.4. The van der Waals surface area contributed by atoms with E-state index in [0.717, 1.165) is 31.2 Å². The molecule has 1 aliphatic carbocycles. The number of aliphatic carboxylic acids is 1. The topological polar surface area (TPSA) is 127 Å². The standard InChI is InChI=1S/C24H31N5O4.2ClH/c30-22(31)15-25-20(12-16-5-2-1-3-6-16)24(33)29-10-4-7-21(29)23(32)26-13-17-8-9-19-18(11-17)14-27-28-19;;/h1-3,5-6,14,17,20-21,25H,4,7-13,15H2,(H,26,32)(H,27,28)(H,30,31);2*1H/t17?,20-,21+;;/m1../s1. The summed E-state index contributed by atoms with van der Waals surface area (Å²) in [6.45, 7) is 0.761. The molecule has 3 atom stereocenters. The molecule has 0 radical (unpaired) electrons. The van der Waals surface area contributed by atoms with Gasteiger partial charge < -0.3 is 15.3 Å². The van der Waals surface area contributed by atoms with Crippen LogP contribution < -0.4 is 10.6 Å². The van der Waals surface area contributed by atoms with Crippen LogP contribution in [0.25, 0.3) is 0 Å². The summed E-state index contributed by atoms with van der Waals surface area (Å²) >= 11 is 0. The predicted octanol–water partition coefficient (Wildman–Crippen LogP) is 1.75. The van der Waals surface area contributed by atoms with Gasteiger partial charge in [-0.15, -0.1) is 24.8 Å². The van der Waals surface area contributed by atoms with Crippen molar-refractivity contribution in [3.05, 3.63) is 53.3 Å². The van der Waals surface area contributed by atoms with E-state index >= 15 is 0 Å². The number of hydrogen-bond acceptors (Lipinski definition) is 5. The van der Waals surface area contributed by atoms with Gasteiger partial charge in [0.15, 0.2) is 0 Å². The Morgan fingerprint density at radius 3 is 2.69 bits per heavy atom. The second-order valence-electron chi connectivity index (χ2n) is 8.93. The number of carbonyl (C=O) groups excluding carboxylic acids is 2. The molecule has 35 heavy (non-hydrogen) atoms. The fourth-order valence-corrected chi connectivity index (χ4v) is 4.84. The lowest BCUT2D eigenvalue weighted by Crippen LogP contribution is -2.54. The van der Waals surface area contributed by atoms with Crippen LogP contribution in [0.4, 0.5) is 0 Å². The number of H-pyrrole nitrogens is 1. The van der Waals surface area contributed by atoms with E-state index < -0.39 is 18.1 Å². The number of amides is 2. The molecule has 0 spiro atoms. The molecule has 9 nitrogen and oxygen atoms in total. The van der Waals surface area contributed by atoms with Crippen molar-refractivity contribution in [2.24, 2.45) is 5.92 Å². The number of likely N-dealkylation sites (tertiary alicyclic amines) is 1. The molecule has 11 heteroatoms. The minimum atomic E-state index is -1.02. The summed E-state index contributed by atoms with van der Waals surface area (Å²) in [6, 6.07) is 8.27. The molecule has 2 heterocycles. The summed E-state index contributed by atoms with van der Waals surface area (Å²) in [6.07, 6.45) is 6.40. The van der Waals surface area contributed by atoms with Gasteiger partial charge in [-0.2, -0.15) is 5.10 Å². The number of aryl methyl sites for hydroxylation is 1. The Bertz CT molecular complexity index is 987. The fraction of sp³-hybridized carbons (Fsp3) is 0.500. The first-order valence-electron chi connectivity index (χ1n) is 11.6. The van der Waals surface area contributed by atoms with Gasteiger partial charge in [0.05, 0.1) is 18.8 Å². The Kier molecular flexibility index (Phi) is 11.0. The normalized spacial score (nSPS) is 19.6. The van der Waals surface area contributed by atoms with Gasteiger partial charge in [0.1, 0.15) is 6.04 Å². The van der Waals surface area contributed by atoms with Crippen molar-refractivity contribution in [3.8, 4) is 0 Å². The zero-order valence-electron chi connectivity index (χ0n) is 19.4. The lowest BCUT2D eigenvalue weighted by Gasteiger charge is -2.29. The molecule has 4 N–H and O–H groups in total. The maximum atomic E-state index is 13.4. The highest BCUT2D eigenvalue weighted by molar-refractivity contribution is 5.90. The van der Waals surface area contributed by atoms with E-state index in [2.05, 4.69) is 20.8 Å². The van der Waals surface area contributed by atoms with Gasteiger partial charge in [0.2, 0.25) is 11.8 Å². The average molecular weight is 526 g/mol. The number of carboxylic acid groups (broad SMARTS) is 1. The minimum Gasteiger partial charge on any atom is -0.480 e. The third-order valence-electron chi connectivity index (χ3n) is 6.60. The molecule has 1 aromatic heterocycles. The number of benzene rings is 1. The first-order chi connectivity index (χ1) is 16.0. The molecule has 0 saturated carbocycles. The minimum absolute atomic E-state index is 0. The smallest absolute Gasteiger partial charge is 0.317 e. The maximum Gasteiger partial charge on any atom is 0.317 e. The number of nitrogens with one attached hydrogen (secondary N) is 3. The third-order valence-corrected chi connectivity index (χ3v) is 6.60. The molecule has 2 aromatic rings. The molecule has 2 aliphatic rings. The second kappa shape index (κ2) is 13.5. The largest absolute Gasteiger partial charge is 0.480 e. The highest BCUT2D eigenvalue weighted by Crippen LogP contribution is 2.24. The molecule has 192 valence electrons. The Morgan fingerprint density at radius 1 is 1.17 bits per heavy atom. The summed E-state index contributed by atoms with van der Waals surface area (Å²) < 4.78 is 0. The third kappa shape index (κ3) is 7.43. The van der Waals surface area contributed by atoms with Gasteiger partial charge in [-0.05, 0) is 55.6 Å². The summed E-state index contributed by atoms with van der Waals surface area (Å²) in [5, 5.41) is 22.2.